The van der Waals surface area contributed by atoms with E-state index in [2.05, 4.69) is 73.6 Å². The van der Waals surface area contributed by atoms with E-state index in [0.717, 1.165) is 46.4 Å². The lowest BCUT2D eigenvalue weighted by molar-refractivity contribution is -0.115. The number of aromatic amines is 2. The molecule has 0 saturated carbocycles. The summed E-state index contributed by atoms with van der Waals surface area (Å²) < 4.78 is 0. The van der Waals surface area contributed by atoms with E-state index < -0.39 is 0 Å². The topological polar surface area (TPSA) is 112 Å². The minimum Gasteiger partial charge on any atom is -0.357 e. The average molecular weight is 480 g/mol. The number of pyridine rings is 2. The number of allylic oxidation sites excluding steroid dienone is 3. The predicted molar refractivity (Wildman–Crippen MR) is 145 cm³/mol. The quantitative estimate of drug-likeness (QED) is 0.299. The fourth-order valence-corrected chi connectivity index (χ4v) is 4.50. The molecular weight excluding hydrogens is 450 g/mol. The van der Waals surface area contributed by atoms with Gasteiger partial charge in [0.2, 0.25) is 5.91 Å². The fraction of sp³-hybridized carbons (Fsp3) is 0.250. The van der Waals surface area contributed by atoms with Crippen LogP contribution in [0.25, 0.3) is 39.1 Å². The van der Waals surface area contributed by atoms with Gasteiger partial charge in [-0.05, 0) is 55.2 Å². The van der Waals surface area contributed by atoms with Crippen LogP contribution in [0.4, 0.5) is 5.82 Å². The minimum absolute atomic E-state index is 0.0634. The zero-order valence-electron chi connectivity index (χ0n) is 20.7. The lowest BCUT2D eigenvalue weighted by Gasteiger charge is -2.17. The van der Waals surface area contributed by atoms with Crippen molar-refractivity contribution < 1.29 is 4.79 Å². The maximum atomic E-state index is 11.6. The number of amides is 1. The Morgan fingerprint density at radius 3 is 2.75 bits per heavy atom. The van der Waals surface area contributed by atoms with Crippen molar-refractivity contribution in [1.82, 2.24) is 25.1 Å². The number of rotatable bonds is 7. The Labute approximate surface area is 209 Å². The average Bonchev–Trinajstić information content (AvgIpc) is 3.51. The van der Waals surface area contributed by atoms with E-state index >= 15 is 0 Å². The van der Waals surface area contributed by atoms with Crippen LogP contribution in [0.1, 0.15) is 44.4 Å². The van der Waals surface area contributed by atoms with E-state index in [1.807, 2.05) is 25.4 Å². The number of carbonyl (C=O) groups excluding carboxylic acids is 1. The molecule has 5 heterocycles. The van der Waals surface area contributed by atoms with Crippen molar-refractivity contribution >= 4 is 34.5 Å². The monoisotopic (exact) mass is 479 g/mol. The molecule has 0 aromatic carbocycles. The van der Waals surface area contributed by atoms with Gasteiger partial charge in [0.25, 0.3) is 0 Å². The van der Waals surface area contributed by atoms with Gasteiger partial charge in [-0.2, -0.15) is 5.10 Å². The highest BCUT2D eigenvalue weighted by molar-refractivity contribution is 5.94. The number of carbonyl (C=O) groups is 1. The maximum Gasteiger partial charge on any atom is 0.225 e. The van der Waals surface area contributed by atoms with E-state index in [9.17, 15) is 4.79 Å². The number of anilines is 1. The van der Waals surface area contributed by atoms with Crippen molar-refractivity contribution in [2.75, 3.05) is 5.32 Å². The number of aryl methyl sites for hydroxylation is 1. The largest absolute Gasteiger partial charge is 0.357 e. The number of aliphatic imine (C=N–C) groups is 1. The van der Waals surface area contributed by atoms with Crippen LogP contribution in [0.15, 0.2) is 60.0 Å². The van der Waals surface area contributed by atoms with Gasteiger partial charge in [-0.1, -0.05) is 26.0 Å². The first-order valence-electron chi connectivity index (χ1n) is 12.3. The number of nitrogens with zero attached hydrogens (tertiary/aromatic N) is 4. The van der Waals surface area contributed by atoms with Crippen LogP contribution in [0.2, 0.25) is 0 Å². The Balaban J connectivity index is 1.49. The van der Waals surface area contributed by atoms with Gasteiger partial charge in [0, 0.05) is 59.4 Å². The second kappa shape index (κ2) is 10.1. The van der Waals surface area contributed by atoms with Crippen LogP contribution in [-0.2, 0) is 4.79 Å². The van der Waals surface area contributed by atoms with Crippen LogP contribution in [0, 0.1) is 12.8 Å². The number of H-pyrrole nitrogens is 2. The number of hydrogen-bond donors (Lipinski definition) is 3. The number of aromatic nitrogens is 5. The van der Waals surface area contributed by atoms with Gasteiger partial charge in [-0.3, -0.25) is 14.9 Å². The molecule has 8 heteroatoms. The smallest absolute Gasteiger partial charge is 0.225 e. The SMILES string of the molecule is CC/C=C(\c1cc(-c2[nH]nc3ncc(-c4ccc(NC(=O)CC)nc4)cc23)[nH]c1C)[C@H]1C=CN=CC1. The van der Waals surface area contributed by atoms with Gasteiger partial charge < -0.3 is 10.3 Å². The van der Waals surface area contributed by atoms with Gasteiger partial charge >= 0.3 is 0 Å². The second-order valence-electron chi connectivity index (χ2n) is 8.83. The van der Waals surface area contributed by atoms with Crippen LogP contribution < -0.4 is 5.32 Å². The van der Waals surface area contributed by atoms with Crippen LogP contribution in [0.3, 0.4) is 0 Å². The molecule has 4 aromatic heterocycles. The maximum absolute atomic E-state index is 11.6. The molecular formula is C28H29N7O. The second-order valence-corrected chi connectivity index (χ2v) is 8.83. The third-order valence-corrected chi connectivity index (χ3v) is 6.38. The Bertz CT molecular complexity index is 1490. The van der Waals surface area contributed by atoms with Gasteiger partial charge in [0.1, 0.15) is 5.82 Å². The zero-order valence-corrected chi connectivity index (χ0v) is 20.7. The highest BCUT2D eigenvalue weighted by Crippen LogP contribution is 2.35. The van der Waals surface area contributed by atoms with E-state index in [4.69, 9.17) is 0 Å². The fourth-order valence-electron chi connectivity index (χ4n) is 4.50. The standard InChI is InChI=1S/C28H29N7O/c1-4-6-21(18-9-11-29-12-10-18)22-14-24(32-17(22)3)27-23-13-20(16-31-28(23)35-34-27)19-7-8-25(30-15-19)33-26(36)5-2/h6-9,11-16,18,32H,4-5,10H2,1-3H3,(H,30,33,36)(H,31,34,35)/b21-6-/t18-/m0/s1. The van der Waals surface area contributed by atoms with Gasteiger partial charge in [-0.15, -0.1) is 0 Å². The first kappa shape index (κ1) is 23.4. The lowest BCUT2D eigenvalue weighted by atomic mass is 9.88. The zero-order chi connectivity index (χ0) is 25.1. The van der Waals surface area contributed by atoms with Crippen LogP contribution in [0.5, 0.6) is 0 Å². The summed E-state index contributed by atoms with van der Waals surface area (Å²) >= 11 is 0. The van der Waals surface area contributed by atoms with E-state index in [1.54, 1.807) is 18.5 Å². The van der Waals surface area contributed by atoms with Crippen LogP contribution >= 0.6 is 0 Å². The number of fused-ring (bicyclic) bond motifs is 1. The number of nitrogens with one attached hydrogen (secondary N) is 3. The molecule has 0 saturated heterocycles. The minimum atomic E-state index is -0.0634. The Morgan fingerprint density at radius 2 is 2.03 bits per heavy atom. The van der Waals surface area contributed by atoms with E-state index in [1.165, 1.54) is 11.1 Å². The Kier molecular flexibility index (Phi) is 6.58. The van der Waals surface area contributed by atoms with Crippen molar-refractivity contribution in [3.63, 3.8) is 0 Å². The first-order chi connectivity index (χ1) is 17.6. The summed E-state index contributed by atoms with van der Waals surface area (Å²) in [6.07, 6.45) is 14.1. The van der Waals surface area contributed by atoms with Crippen molar-refractivity contribution in [2.45, 2.75) is 40.0 Å². The molecule has 4 aromatic rings. The molecule has 182 valence electrons. The first-order valence-corrected chi connectivity index (χ1v) is 12.3. The van der Waals surface area contributed by atoms with Gasteiger partial charge in [0.15, 0.2) is 5.65 Å². The Hall–Kier alpha value is -4.33. The molecule has 1 atom stereocenters. The molecule has 0 bridgehead atoms. The third-order valence-electron chi connectivity index (χ3n) is 6.38. The molecule has 1 amide bonds. The molecule has 0 fully saturated rings. The normalized spacial score (nSPS) is 15.5. The Morgan fingerprint density at radius 1 is 1.17 bits per heavy atom. The lowest BCUT2D eigenvalue weighted by Crippen LogP contribution is -2.10. The van der Waals surface area contributed by atoms with Crippen LogP contribution in [-0.4, -0.2) is 37.3 Å². The highest BCUT2D eigenvalue weighted by atomic mass is 16.1. The molecule has 3 N–H and O–H groups in total. The van der Waals surface area contributed by atoms with Gasteiger partial charge in [0.05, 0.1) is 11.4 Å². The molecule has 8 nitrogen and oxygen atoms in total. The molecule has 0 radical (unpaired) electrons. The summed E-state index contributed by atoms with van der Waals surface area (Å²) in [6, 6.07) is 8.00. The molecule has 5 rings (SSSR count). The van der Waals surface area contributed by atoms with E-state index in [0.29, 0.717) is 23.8 Å². The van der Waals surface area contributed by atoms with Crippen molar-refractivity contribution in [3.05, 3.63) is 66.3 Å². The molecule has 36 heavy (non-hydrogen) atoms. The summed E-state index contributed by atoms with van der Waals surface area (Å²) in [4.78, 5) is 28.4. The summed E-state index contributed by atoms with van der Waals surface area (Å²) in [7, 11) is 0. The van der Waals surface area contributed by atoms with Gasteiger partial charge in [-0.25, -0.2) is 9.97 Å². The molecule has 0 spiro atoms. The summed E-state index contributed by atoms with van der Waals surface area (Å²) in [5.74, 6) is 0.786. The predicted octanol–water partition coefficient (Wildman–Crippen LogP) is 6.07. The molecule has 1 aliphatic heterocycles. The van der Waals surface area contributed by atoms with Crippen molar-refractivity contribution in [1.29, 1.82) is 0 Å². The third kappa shape index (κ3) is 4.62. The van der Waals surface area contributed by atoms with E-state index in [-0.39, 0.29) is 5.91 Å². The molecule has 0 aliphatic carbocycles. The summed E-state index contributed by atoms with van der Waals surface area (Å²) in [5, 5.41) is 11.3. The molecule has 0 unspecified atom stereocenters. The molecule has 1 aliphatic rings. The van der Waals surface area contributed by atoms with Crippen molar-refractivity contribution in [2.24, 2.45) is 10.9 Å². The van der Waals surface area contributed by atoms with Crippen molar-refractivity contribution in [3.8, 4) is 22.5 Å². The highest BCUT2D eigenvalue weighted by Gasteiger charge is 2.20. The summed E-state index contributed by atoms with van der Waals surface area (Å²) in [5.41, 5.74) is 7.97. The number of hydrogen-bond acceptors (Lipinski definition) is 5. The summed E-state index contributed by atoms with van der Waals surface area (Å²) in [6.45, 7) is 6.08.